The molecule has 0 N–H and O–H groups in total. The Morgan fingerprint density at radius 2 is 0.691 bits per heavy atom. The molecule has 9 aromatic rings. The fourth-order valence-electron chi connectivity index (χ4n) is 9.40. The Morgan fingerprint density at radius 3 is 1.27 bits per heavy atom. The second kappa shape index (κ2) is 12.5. The van der Waals surface area contributed by atoms with Gasteiger partial charge in [-0.05, 0) is 117 Å². The number of hydrogen-bond acceptors (Lipinski definition) is 2. The van der Waals surface area contributed by atoms with Crippen molar-refractivity contribution in [3.8, 4) is 22.3 Å². The monoisotopic (exact) mass is 700 g/mol. The minimum Gasteiger partial charge on any atom is -0.311 e. The SMILES string of the molecule is c1ccc(N(c2ccccc2)c2ccc(N(c3ccc4c(c3)C3(c5ccccc5-c5ccccc53)c3ccccc3-4)c3cccc4ccccc34)cc2)cc1. The molecular formula is C53H36N2. The fraction of sp³-hybridized carbons (Fsp3) is 0.0189. The van der Waals surface area contributed by atoms with Crippen LogP contribution in [0.1, 0.15) is 22.3 Å². The quantitative estimate of drug-likeness (QED) is 0.170. The van der Waals surface area contributed by atoms with Gasteiger partial charge in [0, 0.05) is 33.8 Å². The Morgan fingerprint density at radius 1 is 0.273 bits per heavy atom. The van der Waals surface area contributed by atoms with Crippen LogP contribution >= 0.6 is 0 Å². The van der Waals surface area contributed by atoms with Gasteiger partial charge >= 0.3 is 0 Å². The summed E-state index contributed by atoms with van der Waals surface area (Å²) in [4.78, 5) is 4.77. The molecule has 0 unspecified atom stereocenters. The van der Waals surface area contributed by atoms with Crippen molar-refractivity contribution in [3.63, 3.8) is 0 Å². The number of para-hydroxylation sites is 2. The minimum atomic E-state index is -0.421. The lowest BCUT2D eigenvalue weighted by Gasteiger charge is -2.32. The zero-order chi connectivity index (χ0) is 36.3. The molecule has 0 heterocycles. The summed E-state index contributed by atoms with van der Waals surface area (Å²) in [6, 6.07) is 79.9. The number of hydrogen-bond donors (Lipinski definition) is 0. The summed E-state index contributed by atoms with van der Waals surface area (Å²) in [7, 11) is 0. The molecule has 0 amide bonds. The first-order valence-corrected chi connectivity index (χ1v) is 19.0. The topological polar surface area (TPSA) is 6.48 Å². The Kier molecular flexibility index (Phi) is 7.11. The molecule has 2 heteroatoms. The summed E-state index contributed by atoms with van der Waals surface area (Å²) in [6.07, 6.45) is 0. The van der Waals surface area contributed by atoms with Crippen molar-refractivity contribution in [1.82, 2.24) is 0 Å². The van der Waals surface area contributed by atoms with Crippen LogP contribution in [0.4, 0.5) is 34.1 Å². The third-order valence-electron chi connectivity index (χ3n) is 11.6. The van der Waals surface area contributed by atoms with Gasteiger partial charge in [-0.2, -0.15) is 0 Å². The standard InChI is InChI=1S/C53H36N2/c1-3-18-38(19-4-1)54(39-20-5-2-6-21-39)40-30-32-41(33-31-40)55(52-29-15-17-37-16-7-8-22-43(37)52)42-34-35-47-46-25-11-14-28-50(46)53(51(47)36-42)48-26-12-9-23-44(48)45-24-10-13-27-49(45)53/h1-36H. The van der Waals surface area contributed by atoms with E-state index in [4.69, 9.17) is 0 Å². The molecule has 0 saturated heterocycles. The molecule has 0 radical (unpaired) electrons. The lowest BCUT2D eigenvalue weighted by Crippen LogP contribution is -2.26. The Bertz CT molecular complexity index is 2770. The number of anilines is 6. The van der Waals surface area contributed by atoms with Gasteiger partial charge in [0.25, 0.3) is 0 Å². The van der Waals surface area contributed by atoms with Crippen molar-refractivity contribution < 1.29 is 0 Å². The normalized spacial score (nSPS) is 12.9. The molecule has 0 bridgehead atoms. The Balaban J connectivity index is 1.14. The molecule has 0 aromatic heterocycles. The van der Waals surface area contributed by atoms with Crippen LogP contribution in [-0.2, 0) is 5.41 Å². The number of rotatable bonds is 6. The summed E-state index contributed by atoms with van der Waals surface area (Å²) in [6.45, 7) is 0. The van der Waals surface area contributed by atoms with Gasteiger partial charge in [0.1, 0.15) is 0 Å². The van der Waals surface area contributed by atoms with Gasteiger partial charge in [-0.1, -0.05) is 152 Å². The predicted molar refractivity (Wildman–Crippen MR) is 230 cm³/mol. The smallest absolute Gasteiger partial charge is 0.0726 e. The van der Waals surface area contributed by atoms with E-state index in [1.807, 2.05) is 0 Å². The van der Waals surface area contributed by atoms with Gasteiger partial charge in [0.15, 0.2) is 0 Å². The Labute approximate surface area is 321 Å². The highest BCUT2D eigenvalue weighted by Gasteiger charge is 2.51. The summed E-state index contributed by atoms with van der Waals surface area (Å²) in [5.41, 5.74) is 16.9. The largest absolute Gasteiger partial charge is 0.311 e. The van der Waals surface area contributed by atoms with Crippen LogP contribution in [0, 0.1) is 0 Å². The molecule has 11 rings (SSSR count). The second-order valence-corrected chi connectivity index (χ2v) is 14.5. The molecule has 2 nitrogen and oxygen atoms in total. The molecule has 0 fully saturated rings. The zero-order valence-corrected chi connectivity index (χ0v) is 30.2. The average molecular weight is 701 g/mol. The number of fused-ring (bicyclic) bond motifs is 11. The van der Waals surface area contributed by atoms with E-state index in [-0.39, 0.29) is 0 Å². The van der Waals surface area contributed by atoms with Gasteiger partial charge in [-0.3, -0.25) is 0 Å². The van der Waals surface area contributed by atoms with Gasteiger partial charge in [0.2, 0.25) is 0 Å². The van der Waals surface area contributed by atoms with Crippen LogP contribution in [0.3, 0.4) is 0 Å². The lowest BCUT2D eigenvalue weighted by atomic mass is 9.70. The van der Waals surface area contributed by atoms with Crippen LogP contribution < -0.4 is 9.80 Å². The predicted octanol–water partition coefficient (Wildman–Crippen LogP) is 14.1. The molecule has 2 aliphatic rings. The highest BCUT2D eigenvalue weighted by atomic mass is 15.2. The van der Waals surface area contributed by atoms with E-state index >= 15 is 0 Å². The molecule has 0 aliphatic heterocycles. The molecule has 0 atom stereocenters. The molecule has 55 heavy (non-hydrogen) atoms. The number of nitrogens with zero attached hydrogens (tertiary/aromatic N) is 2. The lowest BCUT2D eigenvalue weighted by molar-refractivity contribution is 0.793. The first-order valence-electron chi connectivity index (χ1n) is 19.0. The zero-order valence-electron chi connectivity index (χ0n) is 30.2. The molecule has 1 spiro atoms. The molecular weight excluding hydrogens is 665 g/mol. The van der Waals surface area contributed by atoms with Crippen molar-refractivity contribution in [2.45, 2.75) is 5.41 Å². The van der Waals surface area contributed by atoms with E-state index in [9.17, 15) is 0 Å². The summed E-state index contributed by atoms with van der Waals surface area (Å²) in [5.74, 6) is 0. The van der Waals surface area contributed by atoms with Crippen molar-refractivity contribution in [3.05, 3.63) is 241 Å². The fourth-order valence-corrected chi connectivity index (χ4v) is 9.40. The highest BCUT2D eigenvalue weighted by Crippen LogP contribution is 2.63. The first kappa shape index (κ1) is 31.4. The maximum Gasteiger partial charge on any atom is 0.0726 e. The van der Waals surface area contributed by atoms with Crippen molar-refractivity contribution >= 4 is 44.9 Å². The van der Waals surface area contributed by atoms with E-state index in [1.54, 1.807) is 0 Å². The number of benzene rings is 9. The molecule has 2 aliphatic carbocycles. The van der Waals surface area contributed by atoms with Gasteiger partial charge < -0.3 is 9.80 Å². The van der Waals surface area contributed by atoms with Crippen LogP contribution in [0.2, 0.25) is 0 Å². The maximum absolute atomic E-state index is 2.48. The summed E-state index contributed by atoms with van der Waals surface area (Å²) < 4.78 is 0. The van der Waals surface area contributed by atoms with Crippen LogP contribution in [-0.4, -0.2) is 0 Å². The molecule has 9 aromatic carbocycles. The first-order chi connectivity index (χ1) is 27.3. The maximum atomic E-state index is 2.48. The minimum absolute atomic E-state index is 0.421. The van der Waals surface area contributed by atoms with E-state index in [0.717, 1.165) is 34.1 Å². The van der Waals surface area contributed by atoms with Crippen molar-refractivity contribution in [2.75, 3.05) is 9.80 Å². The van der Waals surface area contributed by atoms with Crippen molar-refractivity contribution in [2.24, 2.45) is 0 Å². The summed E-state index contributed by atoms with van der Waals surface area (Å²) >= 11 is 0. The van der Waals surface area contributed by atoms with E-state index in [1.165, 1.54) is 55.3 Å². The van der Waals surface area contributed by atoms with Crippen molar-refractivity contribution in [1.29, 1.82) is 0 Å². The third kappa shape index (κ3) is 4.68. The highest BCUT2D eigenvalue weighted by molar-refractivity contribution is 6.01. The second-order valence-electron chi connectivity index (χ2n) is 14.5. The molecule has 258 valence electrons. The van der Waals surface area contributed by atoms with E-state index in [0.29, 0.717) is 0 Å². The molecule has 0 saturated carbocycles. The van der Waals surface area contributed by atoms with E-state index < -0.39 is 5.41 Å². The van der Waals surface area contributed by atoms with Crippen LogP contribution in [0.15, 0.2) is 218 Å². The van der Waals surface area contributed by atoms with Crippen LogP contribution in [0.25, 0.3) is 33.0 Å². The van der Waals surface area contributed by atoms with Gasteiger partial charge in [-0.15, -0.1) is 0 Å². The van der Waals surface area contributed by atoms with E-state index in [2.05, 4.69) is 228 Å². The Hall–Kier alpha value is -7.16. The summed E-state index contributed by atoms with van der Waals surface area (Å²) in [5, 5.41) is 2.42. The van der Waals surface area contributed by atoms with Crippen LogP contribution in [0.5, 0.6) is 0 Å². The third-order valence-corrected chi connectivity index (χ3v) is 11.6. The van der Waals surface area contributed by atoms with Gasteiger partial charge in [0.05, 0.1) is 11.1 Å². The average Bonchev–Trinajstić information content (AvgIpc) is 3.72. The van der Waals surface area contributed by atoms with Gasteiger partial charge in [-0.25, -0.2) is 0 Å².